The largest absolute Gasteiger partial charge is 0.381 e. The minimum Gasteiger partial charge on any atom is -0.381 e. The first-order valence-corrected chi connectivity index (χ1v) is 6.49. The van der Waals surface area contributed by atoms with Gasteiger partial charge in [-0.05, 0) is 64.5 Å². The molecule has 0 N–H and O–H groups in total. The van der Waals surface area contributed by atoms with Crippen LogP contribution < -0.4 is 0 Å². The molecule has 87 valence electrons. The third-order valence-corrected chi connectivity index (χ3v) is 3.88. The molecule has 2 fully saturated rings. The second-order valence-electron chi connectivity index (χ2n) is 5.04. The summed E-state index contributed by atoms with van der Waals surface area (Å²) < 4.78 is 5.41. The van der Waals surface area contributed by atoms with Crippen molar-refractivity contribution in [3.8, 4) is 0 Å². The zero-order chi connectivity index (χ0) is 10.5. The van der Waals surface area contributed by atoms with E-state index < -0.39 is 0 Å². The van der Waals surface area contributed by atoms with Gasteiger partial charge >= 0.3 is 0 Å². The van der Waals surface area contributed by atoms with E-state index in [0.717, 1.165) is 25.2 Å². The van der Waals surface area contributed by atoms with Crippen LogP contribution in [-0.4, -0.2) is 37.2 Å². The van der Waals surface area contributed by atoms with Crippen molar-refractivity contribution in [2.75, 3.05) is 26.3 Å². The maximum absolute atomic E-state index is 5.41. The van der Waals surface area contributed by atoms with Gasteiger partial charge in [0.05, 0.1) is 0 Å². The molecule has 0 spiro atoms. The lowest BCUT2D eigenvalue weighted by molar-refractivity contribution is 0.0518. The molecule has 2 saturated heterocycles. The van der Waals surface area contributed by atoms with Gasteiger partial charge in [-0.3, -0.25) is 0 Å². The van der Waals surface area contributed by atoms with Crippen molar-refractivity contribution in [3.63, 3.8) is 0 Å². The molecular formula is C13H24NO. The molecule has 0 aromatic carbocycles. The number of nitrogens with zero attached hydrogens (tertiary/aromatic N) is 1. The highest BCUT2D eigenvalue weighted by Gasteiger charge is 2.21. The van der Waals surface area contributed by atoms with Gasteiger partial charge in [0.1, 0.15) is 0 Å². The van der Waals surface area contributed by atoms with Crippen LogP contribution in [0.15, 0.2) is 0 Å². The van der Waals surface area contributed by atoms with Crippen molar-refractivity contribution in [1.82, 2.24) is 4.90 Å². The minimum atomic E-state index is 0.779. The van der Waals surface area contributed by atoms with E-state index in [2.05, 4.69) is 18.2 Å². The summed E-state index contributed by atoms with van der Waals surface area (Å²) >= 11 is 0. The number of ether oxygens (including phenoxy) is 1. The Labute approximate surface area is 94.0 Å². The SMILES string of the molecule is CC(CC1CCOCC1)N1CC[CH]CC1. The Morgan fingerprint density at radius 1 is 1.27 bits per heavy atom. The second-order valence-corrected chi connectivity index (χ2v) is 5.04. The zero-order valence-corrected chi connectivity index (χ0v) is 9.95. The first-order valence-electron chi connectivity index (χ1n) is 6.49. The second kappa shape index (κ2) is 5.86. The van der Waals surface area contributed by atoms with Crippen molar-refractivity contribution in [2.24, 2.45) is 5.92 Å². The van der Waals surface area contributed by atoms with Gasteiger partial charge in [-0.25, -0.2) is 0 Å². The molecule has 0 bridgehead atoms. The summed E-state index contributed by atoms with van der Waals surface area (Å²) in [5.74, 6) is 0.916. The fourth-order valence-corrected chi connectivity index (χ4v) is 2.82. The molecule has 1 unspecified atom stereocenters. The molecular weight excluding hydrogens is 186 g/mol. The molecule has 2 heterocycles. The fraction of sp³-hybridized carbons (Fsp3) is 0.923. The van der Waals surface area contributed by atoms with E-state index in [0.29, 0.717) is 0 Å². The van der Waals surface area contributed by atoms with E-state index in [9.17, 15) is 0 Å². The van der Waals surface area contributed by atoms with Gasteiger partial charge in [0.25, 0.3) is 0 Å². The lowest BCUT2D eigenvalue weighted by Gasteiger charge is -2.35. The molecule has 2 nitrogen and oxygen atoms in total. The summed E-state index contributed by atoms with van der Waals surface area (Å²) in [5, 5.41) is 0. The third kappa shape index (κ3) is 3.46. The molecule has 0 aromatic heterocycles. The Balaban J connectivity index is 1.72. The van der Waals surface area contributed by atoms with E-state index in [1.807, 2.05) is 0 Å². The Hall–Kier alpha value is -0.0800. The molecule has 0 aromatic rings. The van der Waals surface area contributed by atoms with Crippen LogP contribution in [0.25, 0.3) is 0 Å². The Morgan fingerprint density at radius 2 is 1.93 bits per heavy atom. The molecule has 2 rings (SSSR count). The lowest BCUT2D eigenvalue weighted by atomic mass is 9.92. The summed E-state index contributed by atoms with van der Waals surface area (Å²) in [7, 11) is 0. The molecule has 1 radical (unpaired) electrons. The predicted octanol–water partition coefficient (Wildman–Crippen LogP) is 2.49. The highest BCUT2D eigenvalue weighted by Crippen LogP contribution is 2.23. The number of rotatable bonds is 3. The number of hydrogen-bond donors (Lipinski definition) is 0. The molecule has 1 atom stereocenters. The number of hydrogen-bond acceptors (Lipinski definition) is 2. The van der Waals surface area contributed by atoms with Crippen LogP contribution in [0.1, 0.15) is 39.0 Å². The van der Waals surface area contributed by atoms with Gasteiger partial charge in [-0.1, -0.05) is 0 Å². The highest BCUT2D eigenvalue weighted by atomic mass is 16.5. The summed E-state index contributed by atoms with van der Waals surface area (Å²) in [4.78, 5) is 2.66. The zero-order valence-electron chi connectivity index (χ0n) is 9.95. The van der Waals surface area contributed by atoms with E-state index in [-0.39, 0.29) is 0 Å². The van der Waals surface area contributed by atoms with Crippen LogP contribution in [0.4, 0.5) is 0 Å². The van der Waals surface area contributed by atoms with E-state index in [1.165, 1.54) is 45.2 Å². The van der Waals surface area contributed by atoms with Gasteiger partial charge in [0, 0.05) is 19.3 Å². The molecule has 0 amide bonds. The summed E-state index contributed by atoms with van der Waals surface area (Å²) in [6.07, 6.45) is 8.95. The maximum Gasteiger partial charge on any atom is 0.0468 e. The summed E-state index contributed by atoms with van der Waals surface area (Å²) in [5.41, 5.74) is 0. The minimum absolute atomic E-state index is 0.779. The highest BCUT2D eigenvalue weighted by molar-refractivity contribution is 4.81. The third-order valence-electron chi connectivity index (χ3n) is 3.88. The fourth-order valence-electron chi connectivity index (χ4n) is 2.82. The molecule has 15 heavy (non-hydrogen) atoms. The van der Waals surface area contributed by atoms with E-state index in [4.69, 9.17) is 4.74 Å². The van der Waals surface area contributed by atoms with Crippen molar-refractivity contribution in [2.45, 2.75) is 45.1 Å². The molecule has 0 saturated carbocycles. The maximum atomic E-state index is 5.41. The van der Waals surface area contributed by atoms with Crippen LogP contribution in [0, 0.1) is 12.3 Å². The quantitative estimate of drug-likeness (QED) is 0.709. The van der Waals surface area contributed by atoms with Crippen LogP contribution in [0.2, 0.25) is 0 Å². The van der Waals surface area contributed by atoms with Gasteiger partial charge in [-0.2, -0.15) is 0 Å². The first-order chi connectivity index (χ1) is 7.36. The first kappa shape index (κ1) is 11.4. The average Bonchev–Trinajstić information content (AvgIpc) is 2.31. The van der Waals surface area contributed by atoms with Crippen LogP contribution >= 0.6 is 0 Å². The van der Waals surface area contributed by atoms with Crippen LogP contribution in [0.5, 0.6) is 0 Å². The molecule has 2 aliphatic heterocycles. The van der Waals surface area contributed by atoms with E-state index >= 15 is 0 Å². The van der Waals surface area contributed by atoms with Gasteiger partial charge in [0.2, 0.25) is 0 Å². The number of piperidine rings is 1. The van der Waals surface area contributed by atoms with Crippen LogP contribution in [0.3, 0.4) is 0 Å². The summed E-state index contributed by atoms with van der Waals surface area (Å²) in [6, 6.07) is 0.779. The predicted molar refractivity (Wildman–Crippen MR) is 62.7 cm³/mol. The van der Waals surface area contributed by atoms with Gasteiger partial charge in [-0.15, -0.1) is 0 Å². The van der Waals surface area contributed by atoms with Crippen LogP contribution in [-0.2, 0) is 4.74 Å². The summed E-state index contributed by atoms with van der Waals surface area (Å²) in [6.45, 7) is 6.95. The monoisotopic (exact) mass is 210 g/mol. The van der Waals surface area contributed by atoms with Gasteiger partial charge < -0.3 is 9.64 Å². The Bertz CT molecular complexity index is 171. The normalized spacial score (nSPS) is 27.8. The van der Waals surface area contributed by atoms with E-state index in [1.54, 1.807) is 0 Å². The van der Waals surface area contributed by atoms with Crippen molar-refractivity contribution in [3.05, 3.63) is 6.42 Å². The van der Waals surface area contributed by atoms with Crippen molar-refractivity contribution in [1.29, 1.82) is 0 Å². The van der Waals surface area contributed by atoms with Crippen molar-refractivity contribution >= 4 is 0 Å². The van der Waals surface area contributed by atoms with Crippen molar-refractivity contribution < 1.29 is 4.74 Å². The molecule has 2 heteroatoms. The smallest absolute Gasteiger partial charge is 0.0468 e. The molecule has 0 aliphatic carbocycles. The van der Waals surface area contributed by atoms with Gasteiger partial charge in [0.15, 0.2) is 0 Å². The molecule has 2 aliphatic rings. The Morgan fingerprint density at radius 3 is 2.60 bits per heavy atom. The lowest BCUT2D eigenvalue weighted by Crippen LogP contribution is -2.39. The number of likely N-dealkylation sites (tertiary alicyclic amines) is 1. The topological polar surface area (TPSA) is 12.5 Å². The average molecular weight is 210 g/mol. The Kier molecular flexibility index (Phi) is 4.45. The standard InChI is InChI=1S/C13H24NO/c1-12(14-7-3-2-4-8-14)11-13-5-9-15-10-6-13/h2,12-13H,3-11H2,1H3.